The van der Waals surface area contributed by atoms with Gasteiger partial charge in [-0.2, -0.15) is 0 Å². The summed E-state index contributed by atoms with van der Waals surface area (Å²) in [5.41, 5.74) is 0.546. The Kier molecular flexibility index (Phi) is 1.98. The molecule has 1 aromatic rings. The molecule has 0 aliphatic heterocycles. The molecule has 0 aromatic carbocycles. The maximum absolute atomic E-state index is 10.1. The Balaban J connectivity index is 3.12. The quantitative estimate of drug-likeness (QED) is 0.495. The average molecular weight is 187 g/mol. The molecule has 0 radical (unpaired) electrons. The summed E-state index contributed by atoms with van der Waals surface area (Å²) in [6, 6.07) is 1.69. The van der Waals surface area contributed by atoms with E-state index >= 15 is 0 Å². The Morgan fingerprint density at radius 3 is 2.56 bits per heavy atom. The Hall–Kier alpha value is -0.661. The SMILES string of the molecule is O=Cc1cc[se]c1C=O. The first-order valence-electron chi connectivity index (χ1n) is 2.36. The molecule has 0 saturated carbocycles. The molecule has 0 saturated heterocycles. The van der Waals surface area contributed by atoms with Gasteiger partial charge in [0.25, 0.3) is 0 Å². The van der Waals surface area contributed by atoms with Gasteiger partial charge in [0, 0.05) is 0 Å². The predicted octanol–water partition coefficient (Wildman–Crippen LogP) is 0.369. The van der Waals surface area contributed by atoms with Crippen molar-refractivity contribution in [2.45, 2.75) is 0 Å². The van der Waals surface area contributed by atoms with Gasteiger partial charge in [-0.1, -0.05) is 0 Å². The Bertz CT molecular complexity index is 204. The molecule has 0 aliphatic rings. The van der Waals surface area contributed by atoms with E-state index < -0.39 is 0 Å². The normalized spacial score (nSPS) is 8.89. The number of carbonyl (C=O) groups is 2. The van der Waals surface area contributed by atoms with Gasteiger partial charge < -0.3 is 0 Å². The van der Waals surface area contributed by atoms with Crippen molar-refractivity contribution in [1.29, 1.82) is 0 Å². The Labute approximate surface area is 58.2 Å². The number of rotatable bonds is 2. The Morgan fingerprint density at radius 2 is 2.11 bits per heavy atom. The van der Waals surface area contributed by atoms with E-state index in [2.05, 4.69) is 0 Å². The molecule has 0 bridgehead atoms. The zero-order valence-corrected chi connectivity index (χ0v) is 6.25. The van der Waals surface area contributed by atoms with E-state index in [0.29, 0.717) is 10.0 Å². The van der Waals surface area contributed by atoms with Crippen LogP contribution in [0.5, 0.6) is 0 Å². The minimum absolute atomic E-state index is 0.109. The standard InChI is InChI=1S/C6H4O2Se/c7-3-5-1-2-9-6(5)4-8/h1-4H. The van der Waals surface area contributed by atoms with Crippen molar-refractivity contribution in [2.24, 2.45) is 0 Å². The summed E-state index contributed by atoms with van der Waals surface area (Å²) in [5, 5.41) is 0. The molecule has 0 aliphatic carbocycles. The molecular weight excluding hydrogens is 183 g/mol. The van der Waals surface area contributed by atoms with Gasteiger partial charge in [-0.25, -0.2) is 0 Å². The summed E-state index contributed by atoms with van der Waals surface area (Å²) >= 11 is 0.109. The molecule has 0 spiro atoms. The van der Waals surface area contributed by atoms with Crippen molar-refractivity contribution in [1.82, 2.24) is 0 Å². The fourth-order valence-corrected chi connectivity index (χ4v) is 1.93. The first-order valence-corrected chi connectivity index (χ1v) is 4.21. The second-order valence-electron chi connectivity index (χ2n) is 1.48. The van der Waals surface area contributed by atoms with Gasteiger partial charge in [0.1, 0.15) is 0 Å². The third-order valence-electron chi connectivity index (χ3n) is 0.961. The number of aldehydes is 2. The summed E-state index contributed by atoms with van der Waals surface area (Å²) in [6.07, 6.45) is 1.47. The Morgan fingerprint density at radius 1 is 1.33 bits per heavy atom. The van der Waals surface area contributed by atoms with E-state index in [1.807, 2.05) is 4.94 Å². The number of hydrogen-bond acceptors (Lipinski definition) is 2. The molecule has 0 fully saturated rings. The number of hydrogen-bond donors (Lipinski definition) is 0. The van der Waals surface area contributed by atoms with Crippen LogP contribution in [0.4, 0.5) is 0 Å². The van der Waals surface area contributed by atoms with Crippen LogP contribution in [-0.4, -0.2) is 27.1 Å². The predicted molar refractivity (Wildman–Crippen MR) is 34.2 cm³/mol. The molecule has 9 heavy (non-hydrogen) atoms. The van der Waals surface area contributed by atoms with Gasteiger partial charge >= 0.3 is 57.7 Å². The average Bonchev–Trinajstić information content (AvgIpc) is 2.33. The van der Waals surface area contributed by atoms with Crippen LogP contribution in [0.2, 0.25) is 0 Å². The van der Waals surface area contributed by atoms with E-state index in [1.54, 1.807) is 6.07 Å². The third kappa shape index (κ3) is 1.18. The zero-order valence-electron chi connectivity index (χ0n) is 4.53. The molecule has 0 unspecified atom stereocenters. The van der Waals surface area contributed by atoms with Crippen molar-refractivity contribution in [3.63, 3.8) is 0 Å². The first kappa shape index (κ1) is 6.46. The van der Waals surface area contributed by atoms with Crippen molar-refractivity contribution < 1.29 is 9.59 Å². The van der Waals surface area contributed by atoms with Gasteiger partial charge in [0.05, 0.1) is 0 Å². The summed E-state index contributed by atoms with van der Waals surface area (Å²) in [5.74, 6) is 0. The molecule has 3 heteroatoms. The molecule has 46 valence electrons. The number of carbonyl (C=O) groups excluding carboxylic acids is 2. The van der Waals surface area contributed by atoms with Gasteiger partial charge in [0.15, 0.2) is 0 Å². The second kappa shape index (κ2) is 2.76. The van der Waals surface area contributed by atoms with Crippen LogP contribution < -0.4 is 0 Å². The first-order chi connectivity index (χ1) is 4.38. The van der Waals surface area contributed by atoms with Crippen LogP contribution in [0.25, 0.3) is 0 Å². The van der Waals surface area contributed by atoms with Crippen molar-refractivity contribution >= 4 is 27.1 Å². The third-order valence-corrected chi connectivity index (χ3v) is 2.76. The molecular formula is C6H4O2Se. The molecule has 1 aromatic heterocycles. The topological polar surface area (TPSA) is 34.1 Å². The van der Waals surface area contributed by atoms with Gasteiger partial charge in [-0.15, -0.1) is 0 Å². The van der Waals surface area contributed by atoms with Gasteiger partial charge in [0.2, 0.25) is 0 Å². The molecule has 1 rings (SSSR count). The molecule has 0 amide bonds. The second-order valence-corrected chi connectivity index (χ2v) is 3.46. The van der Waals surface area contributed by atoms with Crippen molar-refractivity contribution in [3.05, 3.63) is 21.0 Å². The van der Waals surface area contributed by atoms with E-state index in [9.17, 15) is 9.59 Å². The summed E-state index contributed by atoms with van der Waals surface area (Å²) < 4.78 is 0.650. The van der Waals surface area contributed by atoms with Crippen molar-refractivity contribution in [2.75, 3.05) is 0 Å². The summed E-state index contributed by atoms with van der Waals surface area (Å²) in [7, 11) is 0. The van der Waals surface area contributed by atoms with Crippen LogP contribution in [-0.2, 0) is 0 Å². The van der Waals surface area contributed by atoms with E-state index in [0.717, 1.165) is 12.6 Å². The zero-order chi connectivity index (χ0) is 6.69. The van der Waals surface area contributed by atoms with Crippen molar-refractivity contribution in [3.8, 4) is 0 Å². The van der Waals surface area contributed by atoms with Gasteiger partial charge in [-0.05, 0) is 0 Å². The van der Waals surface area contributed by atoms with Crippen LogP contribution in [0.1, 0.15) is 19.6 Å². The maximum atomic E-state index is 10.1. The summed E-state index contributed by atoms with van der Waals surface area (Å²) in [4.78, 5) is 22.1. The van der Waals surface area contributed by atoms with Gasteiger partial charge in [-0.3, -0.25) is 0 Å². The molecule has 2 nitrogen and oxygen atoms in total. The molecule has 0 atom stereocenters. The molecule has 1 heterocycles. The summed E-state index contributed by atoms with van der Waals surface area (Å²) in [6.45, 7) is 0. The van der Waals surface area contributed by atoms with E-state index in [-0.39, 0.29) is 14.5 Å². The molecule has 0 N–H and O–H groups in total. The monoisotopic (exact) mass is 188 g/mol. The van der Waals surface area contributed by atoms with Crippen LogP contribution in [0, 0.1) is 0 Å². The fraction of sp³-hybridized carbons (Fsp3) is 0. The van der Waals surface area contributed by atoms with Crippen LogP contribution in [0.3, 0.4) is 0 Å². The van der Waals surface area contributed by atoms with E-state index in [1.165, 1.54) is 0 Å². The minimum atomic E-state index is 0.109. The van der Waals surface area contributed by atoms with E-state index in [4.69, 9.17) is 0 Å². The fourth-order valence-electron chi connectivity index (χ4n) is 0.524. The van der Waals surface area contributed by atoms with Crippen LogP contribution in [0.15, 0.2) is 11.0 Å². The van der Waals surface area contributed by atoms with Crippen LogP contribution >= 0.6 is 0 Å².